The topological polar surface area (TPSA) is 38.0 Å². The van der Waals surface area contributed by atoms with Crippen LogP contribution < -0.4 is 0 Å². The van der Waals surface area contributed by atoms with Crippen LogP contribution in [0.25, 0.3) is 0 Å². The predicted molar refractivity (Wildman–Crippen MR) is 72.4 cm³/mol. The molecular formula is C15H20N2O. The van der Waals surface area contributed by atoms with E-state index in [1.54, 1.807) is 6.20 Å². The average molecular weight is 244 g/mol. The highest BCUT2D eigenvalue weighted by Crippen LogP contribution is 2.16. The molecule has 1 N–H and O–H groups in total. The van der Waals surface area contributed by atoms with Crippen molar-refractivity contribution in [2.75, 3.05) is 0 Å². The van der Waals surface area contributed by atoms with Crippen LogP contribution in [-0.4, -0.2) is 14.7 Å². The number of aliphatic hydroxyl groups is 1. The lowest BCUT2D eigenvalue weighted by Crippen LogP contribution is -2.11. The maximum Gasteiger partial charge on any atom is 0.108 e. The Morgan fingerprint density at radius 1 is 1.28 bits per heavy atom. The molecule has 0 aliphatic carbocycles. The van der Waals surface area contributed by atoms with Gasteiger partial charge in [-0.15, -0.1) is 0 Å². The zero-order valence-electron chi connectivity index (χ0n) is 11.0. The van der Waals surface area contributed by atoms with Gasteiger partial charge in [-0.2, -0.15) is 0 Å². The highest BCUT2D eigenvalue weighted by Gasteiger charge is 2.10. The zero-order valence-corrected chi connectivity index (χ0v) is 11.0. The van der Waals surface area contributed by atoms with E-state index in [2.05, 4.69) is 11.9 Å². The highest BCUT2D eigenvalue weighted by atomic mass is 16.3. The summed E-state index contributed by atoms with van der Waals surface area (Å²) in [7, 11) is 0. The molecule has 96 valence electrons. The molecule has 0 spiro atoms. The van der Waals surface area contributed by atoms with Crippen molar-refractivity contribution >= 4 is 0 Å². The molecular weight excluding hydrogens is 224 g/mol. The van der Waals surface area contributed by atoms with Crippen LogP contribution in [-0.2, 0) is 13.0 Å². The molecule has 0 amide bonds. The molecule has 0 saturated carbocycles. The zero-order chi connectivity index (χ0) is 13.0. The molecule has 2 aromatic rings. The van der Waals surface area contributed by atoms with E-state index < -0.39 is 6.10 Å². The number of aryl methyl sites for hydroxylation is 2. The van der Waals surface area contributed by atoms with Gasteiger partial charge in [-0.05, 0) is 18.9 Å². The summed E-state index contributed by atoms with van der Waals surface area (Å²) in [5.41, 5.74) is 2.16. The Morgan fingerprint density at radius 2 is 2.00 bits per heavy atom. The van der Waals surface area contributed by atoms with E-state index in [9.17, 15) is 5.11 Å². The fraction of sp³-hybridized carbons (Fsp3) is 0.400. The Kier molecular flexibility index (Phi) is 4.15. The van der Waals surface area contributed by atoms with Crippen LogP contribution in [0, 0.1) is 6.92 Å². The van der Waals surface area contributed by atoms with Crippen LogP contribution in [0.5, 0.6) is 0 Å². The lowest BCUT2D eigenvalue weighted by molar-refractivity contribution is 0.155. The van der Waals surface area contributed by atoms with Gasteiger partial charge in [0.2, 0.25) is 0 Å². The Hall–Kier alpha value is -1.61. The second-order valence-electron chi connectivity index (χ2n) is 4.67. The van der Waals surface area contributed by atoms with Crippen molar-refractivity contribution in [3.05, 3.63) is 53.6 Å². The van der Waals surface area contributed by atoms with E-state index in [1.807, 2.05) is 42.0 Å². The third-order valence-electron chi connectivity index (χ3n) is 3.11. The maximum atomic E-state index is 10.2. The number of hydrogen-bond donors (Lipinski definition) is 1. The molecule has 0 fully saturated rings. The Labute approximate surface area is 108 Å². The molecule has 1 heterocycles. The first kappa shape index (κ1) is 12.8. The van der Waals surface area contributed by atoms with Crippen molar-refractivity contribution in [2.24, 2.45) is 0 Å². The van der Waals surface area contributed by atoms with Gasteiger partial charge in [0.25, 0.3) is 0 Å². The Balaban J connectivity index is 2.08. The summed E-state index contributed by atoms with van der Waals surface area (Å²) in [6.07, 6.45) is 5.27. The first-order valence-corrected chi connectivity index (χ1v) is 6.45. The average Bonchev–Trinajstić information content (AvgIpc) is 2.78. The molecule has 3 heteroatoms. The summed E-state index contributed by atoms with van der Waals surface area (Å²) >= 11 is 0. The molecule has 1 aromatic carbocycles. The standard InChI is InChI=1S/C15H20N2O/c1-3-4-15-16-9-10-17(15)11-14(18)13-7-5-12(2)6-8-13/h5-10,14,18H,3-4,11H2,1-2H3. The highest BCUT2D eigenvalue weighted by molar-refractivity contribution is 5.23. The molecule has 0 aliphatic rings. The van der Waals surface area contributed by atoms with E-state index in [0.717, 1.165) is 24.2 Å². The minimum Gasteiger partial charge on any atom is -0.387 e. The molecule has 18 heavy (non-hydrogen) atoms. The molecule has 1 aromatic heterocycles. The van der Waals surface area contributed by atoms with Crippen molar-refractivity contribution in [1.29, 1.82) is 0 Å². The van der Waals surface area contributed by atoms with Gasteiger partial charge in [0, 0.05) is 18.8 Å². The number of imidazole rings is 1. The van der Waals surface area contributed by atoms with Crippen molar-refractivity contribution < 1.29 is 5.11 Å². The lowest BCUT2D eigenvalue weighted by atomic mass is 10.1. The summed E-state index contributed by atoms with van der Waals surface area (Å²) in [6, 6.07) is 8.02. The van der Waals surface area contributed by atoms with Crippen LogP contribution in [0.15, 0.2) is 36.7 Å². The molecule has 0 aliphatic heterocycles. The second-order valence-corrected chi connectivity index (χ2v) is 4.67. The third-order valence-corrected chi connectivity index (χ3v) is 3.11. The molecule has 1 atom stereocenters. The normalized spacial score (nSPS) is 12.6. The Bertz CT molecular complexity index is 487. The summed E-state index contributed by atoms with van der Waals surface area (Å²) < 4.78 is 2.04. The molecule has 0 saturated heterocycles. The first-order chi connectivity index (χ1) is 8.70. The largest absolute Gasteiger partial charge is 0.387 e. The number of rotatable bonds is 5. The number of nitrogens with zero attached hydrogens (tertiary/aromatic N) is 2. The third kappa shape index (κ3) is 2.99. The minimum atomic E-state index is -0.476. The van der Waals surface area contributed by atoms with Gasteiger partial charge in [-0.1, -0.05) is 36.8 Å². The van der Waals surface area contributed by atoms with Crippen LogP contribution in [0.4, 0.5) is 0 Å². The molecule has 0 bridgehead atoms. The summed E-state index contributed by atoms with van der Waals surface area (Å²) in [5.74, 6) is 1.05. The molecule has 3 nitrogen and oxygen atoms in total. The van der Waals surface area contributed by atoms with Crippen molar-refractivity contribution in [3.63, 3.8) is 0 Å². The second kappa shape index (κ2) is 5.83. The molecule has 0 radical (unpaired) electrons. The monoisotopic (exact) mass is 244 g/mol. The van der Waals surface area contributed by atoms with Gasteiger partial charge in [-0.3, -0.25) is 0 Å². The number of hydrogen-bond acceptors (Lipinski definition) is 2. The summed E-state index contributed by atoms with van der Waals surface area (Å²) in [6.45, 7) is 4.75. The van der Waals surface area contributed by atoms with Gasteiger partial charge < -0.3 is 9.67 Å². The van der Waals surface area contributed by atoms with E-state index >= 15 is 0 Å². The van der Waals surface area contributed by atoms with Crippen molar-refractivity contribution in [2.45, 2.75) is 39.3 Å². The fourth-order valence-corrected chi connectivity index (χ4v) is 2.04. The van der Waals surface area contributed by atoms with Crippen LogP contribution in [0.1, 0.15) is 36.4 Å². The van der Waals surface area contributed by atoms with Crippen molar-refractivity contribution in [1.82, 2.24) is 9.55 Å². The summed E-state index contributed by atoms with van der Waals surface area (Å²) in [5, 5.41) is 10.2. The molecule has 2 rings (SSSR count). The quantitative estimate of drug-likeness (QED) is 0.878. The Morgan fingerprint density at radius 3 is 2.67 bits per heavy atom. The predicted octanol–water partition coefficient (Wildman–Crippen LogP) is 2.88. The smallest absolute Gasteiger partial charge is 0.108 e. The van der Waals surface area contributed by atoms with Gasteiger partial charge in [-0.25, -0.2) is 4.98 Å². The first-order valence-electron chi connectivity index (χ1n) is 6.45. The van der Waals surface area contributed by atoms with Gasteiger partial charge >= 0.3 is 0 Å². The summed E-state index contributed by atoms with van der Waals surface area (Å²) in [4.78, 5) is 4.32. The van der Waals surface area contributed by atoms with Crippen LogP contribution in [0.3, 0.4) is 0 Å². The van der Waals surface area contributed by atoms with E-state index in [1.165, 1.54) is 5.56 Å². The lowest BCUT2D eigenvalue weighted by Gasteiger charge is -2.14. The van der Waals surface area contributed by atoms with Gasteiger partial charge in [0.05, 0.1) is 12.6 Å². The van der Waals surface area contributed by atoms with E-state index in [-0.39, 0.29) is 0 Å². The fourth-order valence-electron chi connectivity index (χ4n) is 2.04. The van der Waals surface area contributed by atoms with Crippen molar-refractivity contribution in [3.8, 4) is 0 Å². The minimum absolute atomic E-state index is 0.476. The van der Waals surface area contributed by atoms with Crippen LogP contribution >= 0.6 is 0 Å². The van der Waals surface area contributed by atoms with E-state index in [0.29, 0.717) is 6.54 Å². The number of aliphatic hydroxyl groups excluding tert-OH is 1. The van der Waals surface area contributed by atoms with Crippen LogP contribution in [0.2, 0.25) is 0 Å². The maximum absolute atomic E-state index is 10.2. The SMILES string of the molecule is CCCc1nccn1CC(O)c1ccc(C)cc1. The number of aromatic nitrogens is 2. The van der Waals surface area contributed by atoms with Gasteiger partial charge in [0.1, 0.15) is 5.82 Å². The molecule has 1 unspecified atom stereocenters. The number of benzene rings is 1. The van der Waals surface area contributed by atoms with Gasteiger partial charge in [0.15, 0.2) is 0 Å². The van der Waals surface area contributed by atoms with E-state index in [4.69, 9.17) is 0 Å².